The highest BCUT2D eigenvalue weighted by Gasteiger charge is 2.29. The summed E-state index contributed by atoms with van der Waals surface area (Å²) in [6, 6.07) is 6.45. The first-order valence-electron chi connectivity index (χ1n) is 6.31. The molecule has 2 atom stereocenters. The van der Waals surface area contributed by atoms with Crippen molar-refractivity contribution in [2.45, 2.75) is 31.0 Å². The van der Waals surface area contributed by atoms with Gasteiger partial charge in [0.15, 0.2) is 0 Å². The van der Waals surface area contributed by atoms with Gasteiger partial charge in [0.2, 0.25) is 10.0 Å². The second-order valence-electron chi connectivity index (χ2n) is 4.79. The number of nitrogens with zero attached hydrogens (tertiary/aromatic N) is 1. The summed E-state index contributed by atoms with van der Waals surface area (Å²) in [4.78, 5) is 0.222. The van der Waals surface area contributed by atoms with Crippen molar-refractivity contribution in [2.75, 3.05) is 19.7 Å². The number of ether oxygens (including phenoxy) is 1. The Morgan fingerprint density at radius 2 is 2.21 bits per heavy atom. The van der Waals surface area contributed by atoms with Crippen LogP contribution in [0.1, 0.15) is 25.5 Å². The van der Waals surface area contributed by atoms with Gasteiger partial charge in [0.05, 0.1) is 23.7 Å². The number of aliphatic hydroxyl groups excluding tert-OH is 1. The second kappa shape index (κ2) is 5.58. The van der Waals surface area contributed by atoms with Crippen molar-refractivity contribution in [1.29, 1.82) is 0 Å². The van der Waals surface area contributed by atoms with E-state index in [0.717, 1.165) is 0 Å². The molecule has 1 aliphatic rings. The topological polar surface area (TPSA) is 66.8 Å². The lowest BCUT2D eigenvalue weighted by Crippen LogP contribution is -2.44. The third kappa shape index (κ3) is 3.14. The third-order valence-electron chi connectivity index (χ3n) is 3.18. The number of morpholine rings is 1. The molecular formula is C13H19NO4S. The van der Waals surface area contributed by atoms with Crippen molar-refractivity contribution in [3.63, 3.8) is 0 Å². The molecule has 0 amide bonds. The zero-order valence-corrected chi connectivity index (χ0v) is 11.9. The predicted octanol–water partition coefficient (Wildman–Crippen LogP) is 1.15. The molecule has 106 valence electrons. The van der Waals surface area contributed by atoms with Crippen LogP contribution in [-0.2, 0) is 14.8 Å². The predicted molar refractivity (Wildman–Crippen MR) is 71.2 cm³/mol. The van der Waals surface area contributed by atoms with Crippen LogP contribution >= 0.6 is 0 Å². The first-order chi connectivity index (χ1) is 8.91. The minimum Gasteiger partial charge on any atom is -0.389 e. The van der Waals surface area contributed by atoms with E-state index in [2.05, 4.69) is 0 Å². The minimum atomic E-state index is -3.51. The Balaban J connectivity index is 2.31. The van der Waals surface area contributed by atoms with Gasteiger partial charge in [-0.25, -0.2) is 8.42 Å². The Morgan fingerprint density at radius 3 is 2.84 bits per heavy atom. The highest BCUT2D eigenvalue weighted by atomic mass is 32.2. The molecule has 1 fully saturated rings. The molecule has 1 saturated heterocycles. The van der Waals surface area contributed by atoms with Gasteiger partial charge in [-0.1, -0.05) is 12.1 Å². The summed E-state index contributed by atoms with van der Waals surface area (Å²) in [6.07, 6.45) is -0.776. The van der Waals surface area contributed by atoms with Crippen LogP contribution in [0, 0.1) is 0 Å². The van der Waals surface area contributed by atoms with Gasteiger partial charge < -0.3 is 9.84 Å². The SMILES string of the molecule is CC1CN(S(=O)(=O)c2cccc(C(C)O)c2)CCO1. The lowest BCUT2D eigenvalue weighted by Gasteiger charge is -2.30. The third-order valence-corrected chi connectivity index (χ3v) is 5.04. The van der Waals surface area contributed by atoms with Gasteiger partial charge in [0.1, 0.15) is 0 Å². The van der Waals surface area contributed by atoms with Crippen LogP contribution in [0.15, 0.2) is 29.2 Å². The zero-order chi connectivity index (χ0) is 14.0. The molecule has 0 saturated carbocycles. The zero-order valence-electron chi connectivity index (χ0n) is 11.1. The number of benzene rings is 1. The average molecular weight is 285 g/mol. The van der Waals surface area contributed by atoms with Gasteiger partial charge in [-0.15, -0.1) is 0 Å². The normalized spacial score (nSPS) is 23.2. The number of rotatable bonds is 3. The van der Waals surface area contributed by atoms with Crippen LogP contribution in [0.5, 0.6) is 0 Å². The standard InChI is InChI=1S/C13H19NO4S/c1-10-9-14(6-7-18-10)19(16,17)13-5-3-4-12(8-13)11(2)15/h3-5,8,10-11,15H,6-7,9H2,1-2H3. The Morgan fingerprint density at radius 1 is 1.47 bits per heavy atom. The summed E-state index contributed by atoms with van der Waals surface area (Å²) in [7, 11) is -3.51. The number of hydrogen-bond acceptors (Lipinski definition) is 4. The van der Waals surface area contributed by atoms with Gasteiger partial charge in [0.25, 0.3) is 0 Å². The highest BCUT2D eigenvalue weighted by molar-refractivity contribution is 7.89. The quantitative estimate of drug-likeness (QED) is 0.904. The molecule has 6 heteroatoms. The van der Waals surface area contributed by atoms with Crippen LogP contribution in [0.3, 0.4) is 0 Å². The van der Waals surface area contributed by atoms with Crippen molar-refractivity contribution in [3.8, 4) is 0 Å². The van der Waals surface area contributed by atoms with Crippen LogP contribution in [0.2, 0.25) is 0 Å². The maximum Gasteiger partial charge on any atom is 0.243 e. The summed E-state index contributed by atoms with van der Waals surface area (Å²) >= 11 is 0. The average Bonchev–Trinajstić information content (AvgIpc) is 2.39. The van der Waals surface area contributed by atoms with Gasteiger partial charge in [-0.3, -0.25) is 0 Å². The molecule has 0 radical (unpaired) electrons. The summed E-state index contributed by atoms with van der Waals surface area (Å²) in [5.74, 6) is 0. The lowest BCUT2D eigenvalue weighted by atomic mass is 10.1. The second-order valence-corrected chi connectivity index (χ2v) is 6.73. The molecule has 1 aromatic rings. The largest absolute Gasteiger partial charge is 0.389 e. The Kier molecular flexibility index (Phi) is 4.25. The minimum absolute atomic E-state index is 0.0940. The molecule has 0 bridgehead atoms. The van der Waals surface area contributed by atoms with E-state index in [9.17, 15) is 13.5 Å². The monoisotopic (exact) mass is 285 g/mol. The van der Waals surface area contributed by atoms with E-state index in [-0.39, 0.29) is 11.0 Å². The van der Waals surface area contributed by atoms with Crippen molar-refractivity contribution >= 4 is 10.0 Å². The smallest absolute Gasteiger partial charge is 0.243 e. The molecule has 0 aliphatic carbocycles. The Bertz CT molecular complexity index is 541. The van der Waals surface area contributed by atoms with Gasteiger partial charge in [-0.2, -0.15) is 4.31 Å². The number of hydrogen-bond donors (Lipinski definition) is 1. The molecule has 19 heavy (non-hydrogen) atoms. The lowest BCUT2D eigenvalue weighted by molar-refractivity contribution is 0.0102. The molecule has 1 aromatic carbocycles. The van der Waals surface area contributed by atoms with Crippen molar-refractivity contribution in [3.05, 3.63) is 29.8 Å². The fourth-order valence-corrected chi connectivity index (χ4v) is 3.64. The first kappa shape index (κ1) is 14.5. The first-order valence-corrected chi connectivity index (χ1v) is 7.75. The van der Waals surface area contributed by atoms with E-state index in [1.165, 1.54) is 10.4 Å². The van der Waals surface area contributed by atoms with E-state index in [1.807, 2.05) is 6.92 Å². The molecule has 0 spiro atoms. The molecule has 2 rings (SSSR count). The van der Waals surface area contributed by atoms with E-state index >= 15 is 0 Å². The van der Waals surface area contributed by atoms with Crippen molar-refractivity contribution < 1.29 is 18.3 Å². The van der Waals surface area contributed by atoms with E-state index in [4.69, 9.17) is 4.74 Å². The number of aliphatic hydroxyl groups is 1. The molecule has 1 N–H and O–H groups in total. The molecular weight excluding hydrogens is 266 g/mol. The van der Waals surface area contributed by atoms with Crippen LogP contribution in [-0.4, -0.2) is 43.6 Å². The highest BCUT2D eigenvalue weighted by Crippen LogP contribution is 2.22. The molecule has 0 aromatic heterocycles. The molecule has 1 heterocycles. The van der Waals surface area contributed by atoms with Crippen LogP contribution < -0.4 is 0 Å². The van der Waals surface area contributed by atoms with Crippen LogP contribution in [0.4, 0.5) is 0 Å². The maximum absolute atomic E-state index is 12.5. The summed E-state index contributed by atoms with van der Waals surface area (Å²) in [5, 5.41) is 9.54. The van der Waals surface area contributed by atoms with Crippen molar-refractivity contribution in [2.24, 2.45) is 0 Å². The van der Waals surface area contributed by atoms with E-state index in [0.29, 0.717) is 25.3 Å². The van der Waals surface area contributed by atoms with Gasteiger partial charge in [-0.05, 0) is 31.5 Å². The summed E-state index contributed by atoms with van der Waals surface area (Å²) in [5.41, 5.74) is 0.599. The maximum atomic E-state index is 12.5. The van der Waals surface area contributed by atoms with Crippen LogP contribution in [0.25, 0.3) is 0 Å². The van der Waals surface area contributed by atoms with Gasteiger partial charge in [0, 0.05) is 13.1 Å². The number of sulfonamides is 1. The van der Waals surface area contributed by atoms with E-state index < -0.39 is 16.1 Å². The molecule has 1 aliphatic heterocycles. The van der Waals surface area contributed by atoms with Crippen molar-refractivity contribution in [1.82, 2.24) is 4.31 Å². The Hall–Kier alpha value is -0.950. The fourth-order valence-electron chi connectivity index (χ4n) is 2.09. The van der Waals surface area contributed by atoms with Gasteiger partial charge >= 0.3 is 0 Å². The molecule has 2 unspecified atom stereocenters. The van der Waals surface area contributed by atoms with E-state index in [1.54, 1.807) is 25.1 Å². The summed E-state index contributed by atoms with van der Waals surface area (Å²) < 4.78 is 31.8. The fraction of sp³-hybridized carbons (Fsp3) is 0.538. The Labute approximate surface area is 113 Å². The summed E-state index contributed by atoms with van der Waals surface area (Å²) in [6.45, 7) is 4.61. The molecule has 5 nitrogen and oxygen atoms in total.